The van der Waals surface area contributed by atoms with Crippen LogP contribution in [-0.4, -0.2) is 25.9 Å². The Labute approximate surface area is 82.5 Å². The average Bonchev–Trinajstić information content (AvgIpc) is 2.04. The first-order chi connectivity index (χ1) is 6.04. The first-order valence-corrected chi connectivity index (χ1v) is 6.96. The largest absolute Gasteiger partial charge is 0.244 e. The van der Waals surface area contributed by atoms with Gasteiger partial charge in [0.1, 0.15) is 0 Å². The Morgan fingerprint density at radius 2 is 2.15 bits per heavy atom. The van der Waals surface area contributed by atoms with E-state index in [9.17, 15) is 8.42 Å². The fourth-order valence-electron chi connectivity index (χ4n) is 0.882. The van der Waals surface area contributed by atoms with Crippen molar-refractivity contribution in [1.29, 1.82) is 0 Å². The van der Waals surface area contributed by atoms with Crippen molar-refractivity contribution in [3.63, 3.8) is 0 Å². The lowest BCUT2D eigenvalue weighted by Gasteiger charge is -1.99. The molecule has 0 spiro atoms. The maximum atomic E-state index is 11.0. The van der Waals surface area contributed by atoms with Crippen molar-refractivity contribution < 1.29 is 8.42 Å². The van der Waals surface area contributed by atoms with Crippen LogP contribution in [0, 0.1) is 0 Å². The molecule has 0 aromatic carbocycles. The second-order valence-electron chi connectivity index (χ2n) is 2.71. The van der Waals surface area contributed by atoms with Gasteiger partial charge in [0, 0.05) is 18.2 Å². The Kier molecular flexibility index (Phi) is 3.33. The fraction of sp³-hybridized carbons (Fsp3) is 0.375. The SMILES string of the molecule is CSCc1ccc(S(C)(=O)=O)nc1. The lowest BCUT2D eigenvalue weighted by Crippen LogP contribution is -2.00. The van der Waals surface area contributed by atoms with Crippen LogP contribution in [0.15, 0.2) is 23.4 Å². The van der Waals surface area contributed by atoms with Crippen molar-refractivity contribution in [3.05, 3.63) is 23.9 Å². The number of rotatable bonds is 3. The molecule has 0 N–H and O–H groups in total. The second kappa shape index (κ2) is 4.11. The van der Waals surface area contributed by atoms with Crippen LogP contribution < -0.4 is 0 Å². The summed E-state index contributed by atoms with van der Waals surface area (Å²) in [6, 6.07) is 3.33. The maximum absolute atomic E-state index is 11.0. The first kappa shape index (κ1) is 10.5. The van der Waals surface area contributed by atoms with Crippen LogP contribution in [0.4, 0.5) is 0 Å². The Balaban J connectivity index is 2.94. The standard InChI is InChI=1S/C8H11NO2S2/c1-12-6-7-3-4-8(9-5-7)13(2,10)11/h3-5H,6H2,1-2H3. The van der Waals surface area contributed by atoms with Crippen LogP contribution in [0.5, 0.6) is 0 Å². The highest BCUT2D eigenvalue weighted by molar-refractivity contribution is 7.97. The molecule has 0 atom stereocenters. The van der Waals surface area contributed by atoms with Crippen molar-refractivity contribution in [2.45, 2.75) is 10.8 Å². The molecule has 5 heteroatoms. The molecule has 0 amide bonds. The highest BCUT2D eigenvalue weighted by Gasteiger charge is 2.07. The molecule has 0 saturated carbocycles. The molecule has 1 rings (SSSR count). The molecule has 0 radical (unpaired) electrons. The van der Waals surface area contributed by atoms with Gasteiger partial charge in [-0.3, -0.25) is 0 Å². The zero-order valence-electron chi connectivity index (χ0n) is 7.52. The van der Waals surface area contributed by atoms with Crippen molar-refractivity contribution in [2.75, 3.05) is 12.5 Å². The van der Waals surface area contributed by atoms with Crippen molar-refractivity contribution in [3.8, 4) is 0 Å². The van der Waals surface area contributed by atoms with Crippen molar-refractivity contribution >= 4 is 21.6 Å². The summed E-state index contributed by atoms with van der Waals surface area (Å²) in [4.78, 5) is 3.87. The van der Waals surface area contributed by atoms with Crippen molar-refractivity contribution in [1.82, 2.24) is 4.98 Å². The number of pyridine rings is 1. The van der Waals surface area contributed by atoms with Crippen LogP contribution in [-0.2, 0) is 15.6 Å². The van der Waals surface area contributed by atoms with Gasteiger partial charge in [0.2, 0.25) is 0 Å². The number of thioether (sulfide) groups is 1. The van der Waals surface area contributed by atoms with Gasteiger partial charge in [-0.25, -0.2) is 13.4 Å². The molecule has 0 unspecified atom stereocenters. The van der Waals surface area contributed by atoms with E-state index in [1.807, 2.05) is 6.26 Å². The summed E-state index contributed by atoms with van der Waals surface area (Å²) in [5, 5.41) is 0.136. The highest BCUT2D eigenvalue weighted by Crippen LogP contribution is 2.10. The molecule has 1 heterocycles. The van der Waals surface area contributed by atoms with Crippen LogP contribution in [0.1, 0.15) is 5.56 Å². The van der Waals surface area contributed by atoms with Crippen LogP contribution in [0.25, 0.3) is 0 Å². The third-order valence-corrected chi connectivity index (χ3v) is 3.11. The minimum Gasteiger partial charge on any atom is -0.244 e. The zero-order chi connectivity index (χ0) is 9.90. The fourth-order valence-corrected chi connectivity index (χ4v) is 1.95. The highest BCUT2D eigenvalue weighted by atomic mass is 32.2. The predicted molar refractivity (Wildman–Crippen MR) is 54.6 cm³/mol. The van der Waals surface area contributed by atoms with Gasteiger partial charge in [-0.05, 0) is 17.9 Å². The van der Waals surface area contributed by atoms with E-state index in [1.54, 1.807) is 30.1 Å². The lowest BCUT2D eigenvalue weighted by atomic mass is 10.3. The monoisotopic (exact) mass is 217 g/mol. The molecule has 13 heavy (non-hydrogen) atoms. The summed E-state index contributed by atoms with van der Waals surface area (Å²) < 4.78 is 22.1. The van der Waals surface area contributed by atoms with E-state index in [-0.39, 0.29) is 5.03 Å². The molecule has 0 saturated heterocycles. The normalized spacial score (nSPS) is 11.5. The number of sulfone groups is 1. The van der Waals surface area contributed by atoms with Crippen molar-refractivity contribution in [2.24, 2.45) is 0 Å². The summed E-state index contributed by atoms with van der Waals surface area (Å²) >= 11 is 1.68. The van der Waals surface area contributed by atoms with Gasteiger partial charge >= 0.3 is 0 Å². The van der Waals surface area contributed by atoms with Gasteiger partial charge in [0.05, 0.1) is 0 Å². The van der Waals surface area contributed by atoms with Crippen LogP contribution in [0.3, 0.4) is 0 Å². The summed E-state index contributed by atoms with van der Waals surface area (Å²) in [5.74, 6) is 0.858. The molecule has 0 aliphatic carbocycles. The van der Waals surface area contributed by atoms with E-state index >= 15 is 0 Å². The Morgan fingerprint density at radius 3 is 2.54 bits per heavy atom. The minimum absolute atomic E-state index is 0.136. The molecular weight excluding hydrogens is 206 g/mol. The topological polar surface area (TPSA) is 47.0 Å². The van der Waals surface area contributed by atoms with Gasteiger partial charge in [-0.1, -0.05) is 6.07 Å². The molecule has 0 aliphatic rings. The van der Waals surface area contributed by atoms with E-state index in [1.165, 1.54) is 0 Å². The van der Waals surface area contributed by atoms with E-state index in [4.69, 9.17) is 0 Å². The predicted octanol–water partition coefficient (Wildman–Crippen LogP) is 1.35. The third-order valence-electron chi connectivity index (χ3n) is 1.49. The summed E-state index contributed by atoms with van der Waals surface area (Å²) in [7, 11) is -3.15. The van der Waals surface area contributed by atoms with Gasteiger partial charge in [-0.2, -0.15) is 11.8 Å². The number of aromatic nitrogens is 1. The molecule has 0 fully saturated rings. The third kappa shape index (κ3) is 3.00. The minimum atomic E-state index is -3.15. The van der Waals surface area contributed by atoms with Gasteiger partial charge < -0.3 is 0 Å². The Hall–Kier alpha value is -0.550. The lowest BCUT2D eigenvalue weighted by molar-refractivity contribution is 0.598. The summed E-state index contributed by atoms with van der Waals surface area (Å²) in [5.41, 5.74) is 1.04. The molecule has 72 valence electrons. The average molecular weight is 217 g/mol. The molecule has 0 aliphatic heterocycles. The maximum Gasteiger partial charge on any atom is 0.192 e. The summed E-state index contributed by atoms with van der Waals surface area (Å²) in [6.45, 7) is 0. The smallest absolute Gasteiger partial charge is 0.192 e. The summed E-state index contributed by atoms with van der Waals surface area (Å²) in [6.07, 6.45) is 4.75. The Bertz CT molecular complexity index is 370. The van der Waals surface area contributed by atoms with E-state index < -0.39 is 9.84 Å². The van der Waals surface area contributed by atoms with E-state index in [2.05, 4.69) is 4.98 Å². The first-order valence-electron chi connectivity index (χ1n) is 3.68. The molecule has 1 aromatic rings. The molecule has 3 nitrogen and oxygen atoms in total. The molecular formula is C8H11NO2S2. The van der Waals surface area contributed by atoms with Gasteiger partial charge in [0.15, 0.2) is 14.9 Å². The van der Waals surface area contributed by atoms with Crippen LogP contribution in [0.2, 0.25) is 0 Å². The quantitative estimate of drug-likeness (QED) is 0.766. The number of hydrogen-bond acceptors (Lipinski definition) is 4. The van der Waals surface area contributed by atoms with E-state index in [0.717, 1.165) is 17.6 Å². The van der Waals surface area contributed by atoms with Crippen LogP contribution >= 0.6 is 11.8 Å². The van der Waals surface area contributed by atoms with E-state index in [0.29, 0.717) is 0 Å². The molecule has 1 aromatic heterocycles. The molecule has 0 bridgehead atoms. The zero-order valence-corrected chi connectivity index (χ0v) is 9.15. The second-order valence-corrected chi connectivity index (χ2v) is 5.54. The van der Waals surface area contributed by atoms with Gasteiger partial charge in [-0.15, -0.1) is 0 Å². The number of hydrogen-bond donors (Lipinski definition) is 0. The van der Waals surface area contributed by atoms with Gasteiger partial charge in [0.25, 0.3) is 0 Å². The number of nitrogens with zero attached hydrogens (tertiary/aromatic N) is 1. The Morgan fingerprint density at radius 1 is 1.46 bits per heavy atom.